The number of amides is 1. The summed E-state index contributed by atoms with van der Waals surface area (Å²) in [6.45, 7) is 0. The van der Waals surface area contributed by atoms with Crippen LogP contribution >= 0.6 is 22.7 Å². The van der Waals surface area contributed by atoms with Gasteiger partial charge in [0.1, 0.15) is 0 Å². The van der Waals surface area contributed by atoms with Gasteiger partial charge < -0.3 is 11.1 Å². The Kier molecular flexibility index (Phi) is 2.57. The summed E-state index contributed by atoms with van der Waals surface area (Å²) in [6, 6.07) is 3.91. The lowest BCUT2D eigenvalue weighted by Crippen LogP contribution is -2.14. The van der Waals surface area contributed by atoms with E-state index in [0.29, 0.717) is 16.4 Å². The maximum absolute atomic E-state index is 12.1. The number of anilines is 2. The van der Waals surface area contributed by atoms with Gasteiger partial charge in [-0.2, -0.15) is 5.10 Å². The molecule has 92 valence electrons. The predicted molar refractivity (Wildman–Crippen MR) is 75.3 cm³/mol. The van der Waals surface area contributed by atoms with Gasteiger partial charge in [0, 0.05) is 16.4 Å². The van der Waals surface area contributed by atoms with E-state index in [1.165, 1.54) is 17.5 Å². The van der Waals surface area contributed by atoms with Crippen LogP contribution in [0, 0.1) is 0 Å². The summed E-state index contributed by atoms with van der Waals surface area (Å²) in [6.07, 6.45) is 1.52. The number of fused-ring (bicyclic) bond motifs is 1. The molecule has 18 heavy (non-hydrogen) atoms. The number of thiophene rings is 2. The Morgan fingerprint density at radius 3 is 3.00 bits per heavy atom. The van der Waals surface area contributed by atoms with E-state index < -0.39 is 0 Å². The van der Waals surface area contributed by atoms with E-state index in [1.54, 1.807) is 23.1 Å². The molecule has 0 radical (unpaired) electrons. The van der Waals surface area contributed by atoms with Gasteiger partial charge in [-0.05, 0) is 17.5 Å². The van der Waals surface area contributed by atoms with E-state index in [9.17, 15) is 4.79 Å². The molecule has 0 spiro atoms. The van der Waals surface area contributed by atoms with Crippen molar-refractivity contribution in [2.75, 3.05) is 11.1 Å². The summed E-state index contributed by atoms with van der Waals surface area (Å²) in [5.41, 5.74) is 6.19. The first-order valence-electron chi connectivity index (χ1n) is 5.21. The number of rotatable bonds is 2. The van der Waals surface area contributed by atoms with Gasteiger partial charge in [0.25, 0.3) is 5.91 Å². The molecule has 0 saturated carbocycles. The summed E-state index contributed by atoms with van der Waals surface area (Å²) in [4.78, 5) is 12.8. The van der Waals surface area contributed by atoms with Gasteiger partial charge in [0.15, 0.2) is 5.82 Å². The third kappa shape index (κ3) is 1.77. The Morgan fingerprint density at radius 2 is 2.33 bits per heavy atom. The van der Waals surface area contributed by atoms with Crippen LogP contribution in [-0.2, 0) is 7.05 Å². The van der Waals surface area contributed by atoms with Crippen molar-refractivity contribution in [1.82, 2.24) is 9.78 Å². The number of nitrogens with one attached hydrogen (secondary N) is 1. The standard InChI is InChI=1S/C11H10N4OS2/c1-15-10(6(12)5-13-15)14-11(16)9-4-8-7(18-9)2-3-17-8/h2-5H,12H2,1H3,(H,14,16). The zero-order valence-electron chi connectivity index (χ0n) is 9.51. The Morgan fingerprint density at radius 1 is 1.50 bits per heavy atom. The number of aryl methyl sites for hydroxylation is 1. The minimum Gasteiger partial charge on any atom is -0.394 e. The van der Waals surface area contributed by atoms with Crippen molar-refractivity contribution in [3.8, 4) is 0 Å². The summed E-state index contributed by atoms with van der Waals surface area (Å²) in [5.74, 6) is 0.371. The minimum absolute atomic E-state index is 0.154. The monoisotopic (exact) mass is 278 g/mol. The molecule has 7 heteroatoms. The van der Waals surface area contributed by atoms with E-state index in [4.69, 9.17) is 5.73 Å². The Bertz CT molecular complexity index is 676. The van der Waals surface area contributed by atoms with Gasteiger partial charge in [0.05, 0.1) is 16.8 Å². The molecule has 0 aliphatic carbocycles. The number of carbonyl (C=O) groups excluding carboxylic acids is 1. The lowest BCUT2D eigenvalue weighted by molar-refractivity contribution is 0.102. The number of hydrogen-bond donors (Lipinski definition) is 2. The van der Waals surface area contributed by atoms with E-state index >= 15 is 0 Å². The molecule has 3 aromatic heterocycles. The summed E-state index contributed by atoms with van der Waals surface area (Å²) >= 11 is 3.10. The Balaban J connectivity index is 1.89. The molecular formula is C11H10N4OS2. The number of carbonyl (C=O) groups is 1. The van der Waals surface area contributed by atoms with Crippen molar-refractivity contribution in [2.24, 2.45) is 7.05 Å². The van der Waals surface area contributed by atoms with Gasteiger partial charge in [-0.3, -0.25) is 9.48 Å². The second kappa shape index (κ2) is 4.11. The fourth-order valence-electron chi connectivity index (χ4n) is 1.65. The average Bonchev–Trinajstić information content (AvgIpc) is 2.98. The van der Waals surface area contributed by atoms with Crippen molar-refractivity contribution in [3.05, 3.63) is 28.6 Å². The van der Waals surface area contributed by atoms with Crippen LogP contribution in [0.2, 0.25) is 0 Å². The molecule has 0 bridgehead atoms. The second-order valence-electron chi connectivity index (χ2n) is 3.79. The second-order valence-corrected chi connectivity index (χ2v) is 5.82. The molecule has 3 aromatic rings. The van der Waals surface area contributed by atoms with Crippen LogP contribution < -0.4 is 11.1 Å². The first-order chi connectivity index (χ1) is 8.65. The maximum Gasteiger partial charge on any atom is 0.267 e. The lowest BCUT2D eigenvalue weighted by Gasteiger charge is -2.04. The van der Waals surface area contributed by atoms with Crippen LogP contribution in [0.4, 0.5) is 11.5 Å². The molecule has 5 nitrogen and oxygen atoms in total. The number of hydrogen-bond acceptors (Lipinski definition) is 5. The SMILES string of the molecule is Cn1ncc(N)c1NC(=O)c1cc2sccc2s1. The van der Waals surface area contributed by atoms with Crippen molar-refractivity contribution >= 4 is 49.5 Å². The molecule has 0 aliphatic rings. The van der Waals surface area contributed by atoms with Crippen LogP contribution in [0.25, 0.3) is 9.40 Å². The number of nitrogen functional groups attached to an aromatic ring is 1. The highest BCUT2D eigenvalue weighted by Crippen LogP contribution is 2.30. The maximum atomic E-state index is 12.1. The molecule has 0 atom stereocenters. The summed E-state index contributed by atoms with van der Waals surface area (Å²) < 4.78 is 3.80. The predicted octanol–water partition coefficient (Wildman–Crippen LogP) is 2.53. The van der Waals surface area contributed by atoms with Crippen LogP contribution in [0.3, 0.4) is 0 Å². The quantitative estimate of drug-likeness (QED) is 0.756. The fraction of sp³-hybridized carbons (Fsp3) is 0.0909. The number of nitrogens with zero attached hydrogens (tertiary/aromatic N) is 2. The normalized spacial score (nSPS) is 10.9. The molecule has 0 aromatic carbocycles. The molecule has 0 saturated heterocycles. The van der Waals surface area contributed by atoms with Gasteiger partial charge >= 0.3 is 0 Å². The van der Waals surface area contributed by atoms with E-state index in [-0.39, 0.29) is 5.91 Å². The molecule has 0 unspecified atom stereocenters. The molecule has 3 N–H and O–H groups in total. The van der Waals surface area contributed by atoms with Crippen molar-refractivity contribution in [1.29, 1.82) is 0 Å². The third-order valence-corrected chi connectivity index (χ3v) is 4.65. The molecular weight excluding hydrogens is 268 g/mol. The van der Waals surface area contributed by atoms with Gasteiger partial charge in [-0.15, -0.1) is 22.7 Å². The van der Waals surface area contributed by atoms with Gasteiger partial charge in [0.2, 0.25) is 0 Å². The number of nitrogens with two attached hydrogens (primary N) is 1. The van der Waals surface area contributed by atoms with Crippen molar-refractivity contribution in [2.45, 2.75) is 0 Å². The first-order valence-corrected chi connectivity index (χ1v) is 6.90. The minimum atomic E-state index is -0.154. The van der Waals surface area contributed by atoms with Crippen LogP contribution in [0.15, 0.2) is 23.7 Å². The largest absolute Gasteiger partial charge is 0.394 e. The van der Waals surface area contributed by atoms with Crippen molar-refractivity contribution < 1.29 is 4.79 Å². The van der Waals surface area contributed by atoms with Crippen LogP contribution in [0.1, 0.15) is 9.67 Å². The van der Waals surface area contributed by atoms with Crippen LogP contribution in [0.5, 0.6) is 0 Å². The van der Waals surface area contributed by atoms with E-state index in [2.05, 4.69) is 10.4 Å². The molecule has 0 fully saturated rings. The number of aromatic nitrogens is 2. The fourth-order valence-corrected chi connectivity index (χ4v) is 3.66. The highest BCUT2D eigenvalue weighted by Gasteiger charge is 2.14. The van der Waals surface area contributed by atoms with Gasteiger partial charge in [-0.1, -0.05) is 0 Å². The molecule has 1 amide bonds. The topological polar surface area (TPSA) is 72.9 Å². The smallest absolute Gasteiger partial charge is 0.267 e. The highest BCUT2D eigenvalue weighted by molar-refractivity contribution is 7.27. The molecule has 3 rings (SSSR count). The van der Waals surface area contributed by atoms with Crippen LogP contribution in [-0.4, -0.2) is 15.7 Å². The Hall–Kier alpha value is -1.86. The highest BCUT2D eigenvalue weighted by atomic mass is 32.1. The summed E-state index contributed by atoms with van der Waals surface area (Å²) in [7, 11) is 1.74. The van der Waals surface area contributed by atoms with Gasteiger partial charge in [-0.25, -0.2) is 0 Å². The summed E-state index contributed by atoms with van der Waals surface area (Å²) in [5, 5.41) is 8.77. The first kappa shape index (κ1) is 11.2. The lowest BCUT2D eigenvalue weighted by atomic mass is 10.4. The van der Waals surface area contributed by atoms with E-state index in [1.807, 2.05) is 17.5 Å². The zero-order valence-corrected chi connectivity index (χ0v) is 11.1. The molecule has 0 aliphatic heterocycles. The van der Waals surface area contributed by atoms with Crippen molar-refractivity contribution in [3.63, 3.8) is 0 Å². The Labute approximate surface area is 111 Å². The molecule has 3 heterocycles. The average molecular weight is 278 g/mol. The van der Waals surface area contributed by atoms with E-state index in [0.717, 1.165) is 9.40 Å². The third-order valence-electron chi connectivity index (χ3n) is 2.56. The zero-order chi connectivity index (χ0) is 12.7.